The molecule has 0 aromatic carbocycles. The van der Waals surface area contributed by atoms with Gasteiger partial charge in [0.05, 0.1) is 18.8 Å². The highest BCUT2D eigenvalue weighted by Gasteiger charge is 2.20. The first-order chi connectivity index (χ1) is 31.7. The molecule has 0 aromatic rings. The van der Waals surface area contributed by atoms with E-state index in [-0.39, 0.29) is 12.5 Å². The molecule has 2 atom stereocenters. The van der Waals surface area contributed by atoms with E-state index in [1.807, 2.05) is 0 Å². The van der Waals surface area contributed by atoms with Crippen LogP contribution in [0.4, 0.5) is 0 Å². The molecular formula is C60H103NO3. The van der Waals surface area contributed by atoms with Crippen molar-refractivity contribution < 1.29 is 15.0 Å². The fourth-order valence-electron chi connectivity index (χ4n) is 7.71. The quantitative estimate of drug-likeness (QED) is 0.0421. The summed E-state index contributed by atoms with van der Waals surface area (Å²) >= 11 is 0. The maximum absolute atomic E-state index is 12.5. The second-order valence-electron chi connectivity index (χ2n) is 17.9. The molecule has 0 radical (unpaired) electrons. The highest BCUT2D eigenvalue weighted by Crippen LogP contribution is 2.16. The molecule has 0 aliphatic rings. The molecule has 0 aliphatic carbocycles. The Morgan fingerprint density at radius 3 is 1.02 bits per heavy atom. The summed E-state index contributed by atoms with van der Waals surface area (Å²) in [5, 5.41) is 23.3. The molecule has 3 N–H and O–H groups in total. The van der Waals surface area contributed by atoms with Gasteiger partial charge in [-0.25, -0.2) is 0 Å². The van der Waals surface area contributed by atoms with Gasteiger partial charge in [-0.05, 0) is 83.5 Å². The minimum Gasteiger partial charge on any atom is -0.394 e. The molecule has 0 spiro atoms. The van der Waals surface area contributed by atoms with Gasteiger partial charge in [0, 0.05) is 6.42 Å². The minimum absolute atomic E-state index is 0.0657. The molecular weight excluding hydrogens is 783 g/mol. The number of nitrogens with one attached hydrogen (secondary N) is 1. The molecule has 0 saturated heterocycles. The predicted molar refractivity (Wildman–Crippen MR) is 285 cm³/mol. The van der Waals surface area contributed by atoms with Gasteiger partial charge in [-0.15, -0.1) is 0 Å². The van der Waals surface area contributed by atoms with Gasteiger partial charge in [0.2, 0.25) is 5.91 Å². The van der Waals surface area contributed by atoms with Crippen LogP contribution in [0.15, 0.2) is 109 Å². The Morgan fingerprint density at radius 1 is 0.391 bits per heavy atom. The van der Waals surface area contributed by atoms with Crippen LogP contribution in [0.1, 0.15) is 245 Å². The predicted octanol–water partition coefficient (Wildman–Crippen LogP) is 17.9. The van der Waals surface area contributed by atoms with Gasteiger partial charge < -0.3 is 15.5 Å². The zero-order valence-corrected chi connectivity index (χ0v) is 42.0. The average Bonchev–Trinajstić information content (AvgIpc) is 3.30. The lowest BCUT2D eigenvalue weighted by Gasteiger charge is -2.22. The van der Waals surface area contributed by atoms with Crippen LogP contribution in [0, 0.1) is 0 Å². The van der Waals surface area contributed by atoms with Crippen molar-refractivity contribution in [2.45, 2.75) is 257 Å². The van der Waals surface area contributed by atoms with Crippen LogP contribution in [-0.2, 0) is 4.79 Å². The number of allylic oxidation sites excluding steroid dienone is 18. The Balaban J connectivity index is 3.64. The monoisotopic (exact) mass is 886 g/mol. The molecule has 64 heavy (non-hydrogen) atoms. The van der Waals surface area contributed by atoms with Gasteiger partial charge >= 0.3 is 0 Å². The highest BCUT2D eigenvalue weighted by molar-refractivity contribution is 5.76. The molecule has 366 valence electrons. The van der Waals surface area contributed by atoms with E-state index < -0.39 is 12.1 Å². The molecule has 0 aromatic heterocycles. The topological polar surface area (TPSA) is 69.6 Å². The molecule has 1 amide bonds. The Labute approximate surface area is 397 Å². The van der Waals surface area contributed by atoms with E-state index in [0.29, 0.717) is 12.8 Å². The molecule has 2 unspecified atom stereocenters. The lowest BCUT2D eigenvalue weighted by atomic mass is 10.0. The first-order valence-corrected chi connectivity index (χ1v) is 27.1. The molecule has 4 heteroatoms. The van der Waals surface area contributed by atoms with Crippen molar-refractivity contribution in [2.24, 2.45) is 0 Å². The molecule has 4 nitrogen and oxygen atoms in total. The Hall–Kier alpha value is -2.95. The van der Waals surface area contributed by atoms with Crippen molar-refractivity contribution in [1.82, 2.24) is 5.32 Å². The molecule has 0 rings (SSSR count). The Bertz CT molecular complexity index is 1230. The molecule has 0 fully saturated rings. The van der Waals surface area contributed by atoms with Crippen molar-refractivity contribution >= 4 is 5.91 Å². The number of unbranched alkanes of at least 4 members (excludes halogenated alkanes) is 23. The third kappa shape index (κ3) is 50.1. The van der Waals surface area contributed by atoms with E-state index >= 15 is 0 Å². The standard InChI is InChI=1S/C60H103NO3/c1-3-5-7-9-11-13-15-17-19-21-23-25-26-27-28-29-30-31-32-33-34-36-38-40-42-44-46-48-50-52-54-56-60(64)61-58(57-62)59(63)55-53-51-49-47-45-43-41-39-37-35-24-22-20-18-16-14-12-10-8-6-4-2/h5,7,11,13,17,19,23,25,27-28,30-31,33-34,38,40,44,46,58-59,62-63H,3-4,6,8-10,12,14-16,18,20-22,24,26,29,32,35-37,39,41-43,45,47-57H2,1-2H3,(H,61,64)/b7-5-,13-11-,19-17-,25-23-,28-27-,31-30-,34-33-,40-38-,46-44-. The van der Waals surface area contributed by atoms with E-state index in [9.17, 15) is 15.0 Å². The number of carbonyl (C=O) groups excluding carboxylic acids is 1. The van der Waals surface area contributed by atoms with Crippen LogP contribution in [0.3, 0.4) is 0 Å². The summed E-state index contributed by atoms with van der Waals surface area (Å²) in [6, 6.07) is -0.563. The van der Waals surface area contributed by atoms with E-state index in [2.05, 4.69) is 129 Å². The normalized spacial score (nSPS) is 13.8. The van der Waals surface area contributed by atoms with Gasteiger partial charge in [0.15, 0.2) is 0 Å². The molecule has 0 aliphatic heterocycles. The number of aliphatic hydroxyl groups is 2. The van der Waals surface area contributed by atoms with E-state index in [1.165, 1.54) is 122 Å². The first kappa shape index (κ1) is 61.0. The lowest BCUT2D eigenvalue weighted by Crippen LogP contribution is -2.45. The van der Waals surface area contributed by atoms with Crippen LogP contribution < -0.4 is 5.32 Å². The zero-order valence-electron chi connectivity index (χ0n) is 42.0. The van der Waals surface area contributed by atoms with E-state index in [0.717, 1.165) is 96.3 Å². The van der Waals surface area contributed by atoms with Gasteiger partial charge in [-0.3, -0.25) is 4.79 Å². The number of hydrogen-bond acceptors (Lipinski definition) is 3. The zero-order chi connectivity index (χ0) is 46.3. The van der Waals surface area contributed by atoms with Crippen LogP contribution in [-0.4, -0.2) is 34.9 Å². The molecule has 0 bridgehead atoms. The summed E-state index contributed by atoms with van der Waals surface area (Å²) in [5.74, 6) is -0.0657. The van der Waals surface area contributed by atoms with Crippen molar-refractivity contribution in [2.75, 3.05) is 6.61 Å². The van der Waals surface area contributed by atoms with Gasteiger partial charge in [0.1, 0.15) is 0 Å². The second-order valence-corrected chi connectivity index (χ2v) is 17.9. The first-order valence-electron chi connectivity index (χ1n) is 27.1. The molecule has 0 heterocycles. The fraction of sp³-hybridized carbons (Fsp3) is 0.683. The maximum Gasteiger partial charge on any atom is 0.220 e. The number of aliphatic hydroxyl groups excluding tert-OH is 2. The van der Waals surface area contributed by atoms with Crippen LogP contribution in [0.25, 0.3) is 0 Å². The lowest BCUT2D eigenvalue weighted by molar-refractivity contribution is -0.123. The van der Waals surface area contributed by atoms with E-state index in [1.54, 1.807) is 0 Å². The summed E-state index contributed by atoms with van der Waals surface area (Å²) in [5.41, 5.74) is 0. The number of rotatable bonds is 48. The van der Waals surface area contributed by atoms with Gasteiger partial charge in [-0.2, -0.15) is 0 Å². The van der Waals surface area contributed by atoms with E-state index in [4.69, 9.17) is 0 Å². The number of carbonyl (C=O) groups is 1. The third-order valence-electron chi connectivity index (χ3n) is 11.8. The number of amides is 1. The van der Waals surface area contributed by atoms with Crippen molar-refractivity contribution in [3.05, 3.63) is 109 Å². The summed E-state index contributed by atoms with van der Waals surface area (Å²) in [7, 11) is 0. The fourth-order valence-corrected chi connectivity index (χ4v) is 7.71. The van der Waals surface area contributed by atoms with Crippen molar-refractivity contribution in [3.63, 3.8) is 0 Å². The Morgan fingerprint density at radius 2 is 0.688 bits per heavy atom. The average molecular weight is 886 g/mol. The van der Waals surface area contributed by atoms with Crippen LogP contribution >= 0.6 is 0 Å². The summed E-state index contributed by atoms with van der Waals surface area (Å²) in [6.07, 6.45) is 82.0. The summed E-state index contributed by atoms with van der Waals surface area (Å²) < 4.78 is 0. The number of hydrogen-bond donors (Lipinski definition) is 3. The van der Waals surface area contributed by atoms with Crippen LogP contribution in [0.5, 0.6) is 0 Å². The summed E-state index contributed by atoms with van der Waals surface area (Å²) in [6.45, 7) is 4.24. The maximum atomic E-state index is 12.5. The van der Waals surface area contributed by atoms with Crippen molar-refractivity contribution in [1.29, 1.82) is 0 Å². The SMILES string of the molecule is CC/C=C\C/C=C\C/C=C\C/C=C\C/C=C\C/C=C\C/C=C\C/C=C\C/C=C\CCCCCC(=O)NC(CO)C(O)CCCCCCCCCCCCCCCCCCCCCCC. The third-order valence-corrected chi connectivity index (χ3v) is 11.8. The highest BCUT2D eigenvalue weighted by atomic mass is 16.3. The Kier molecular flexibility index (Phi) is 51.9. The minimum atomic E-state index is -0.683. The van der Waals surface area contributed by atoms with Gasteiger partial charge in [0.25, 0.3) is 0 Å². The van der Waals surface area contributed by atoms with Crippen molar-refractivity contribution in [3.8, 4) is 0 Å². The largest absolute Gasteiger partial charge is 0.394 e. The second kappa shape index (κ2) is 54.4. The smallest absolute Gasteiger partial charge is 0.220 e. The van der Waals surface area contributed by atoms with Crippen LogP contribution in [0.2, 0.25) is 0 Å². The summed E-state index contributed by atoms with van der Waals surface area (Å²) in [4.78, 5) is 12.5. The van der Waals surface area contributed by atoms with Gasteiger partial charge in [-0.1, -0.05) is 264 Å². The molecule has 0 saturated carbocycles.